The maximum atomic E-state index is 13.6. The minimum atomic E-state index is -3.79. The molecule has 2 aliphatic heterocycles. The molecule has 166 valence electrons. The molecule has 1 atom stereocenters. The van der Waals surface area contributed by atoms with Gasteiger partial charge in [-0.05, 0) is 56.9 Å². The monoisotopic (exact) mass is 450 g/mol. The first-order valence-electron chi connectivity index (χ1n) is 10.9. The summed E-state index contributed by atoms with van der Waals surface area (Å²) in [4.78, 5) is 15.3. The molecule has 0 bridgehead atoms. The lowest BCUT2D eigenvalue weighted by Gasteiger charge is -2.23. The summed E-state index contributed by atoms with van der Waals surface area (Å²) < 4.78 is 30.3. The minimum absolute atomic E-state index is 0.0870. The zero-order chi connectivity index (χ0) is 22.6. The van der Waals surface area contributed by atoms with Crippen molar-refractivity contribution in [1.82, 2.24) is 9.78 Å². The van der Waals surface area contributed by atoms with Gasteiger partial charge in [-0.2, -0.15) is 5.10 Å². The van der Waals surface area contributed by atoms with Crippen LogP contribution in [0.2, 0.25) is 0 Å². The highest BCUT2D eigenvalue weighted by Gasteiger charge is 2.37. The quantitative estimate of drug-likeness (QED) is 0.611. The zero-order valence-electron chi connectivity index (χ0n) is 18.4. The van der Waals surface area contributed by atoms with Crippen LogP contribution in [0.4, 0.5) is 11.4 Å². The van der Waals surface area contributed by atoms with E-state index in [0.29, 0.717) is 30.9 Å². The highest BCUT2D eigenvalue weighted by molar-refractivity contribution is 7.93. The Morgan fingerprint density at radius 3 is 2.25 bits per heavy atom. The Morgan fingerprint density at radius 2 is 1.53 bits per heavy atom. The summed E-state index contributed by atoms with van der Waals surface area (Å²) in [6, 6.07) is 14.9. The number of amides is 1. The van der Waals surface area contributed by atoms with Gasteiger partial charge in [-0.15, -0.1) is 0 Å². The van der Waals surface area contributed by atoms with Gasteiger partial charge in [0.2, 0.25) is 0 Å². The second-order valence-corrected chi connectivity index (χ2v) is 10.2. The van der Waals surface area contributed by atoms with Crippen molar-refractivity contribution in [2.24, 2.45) is 0 Å². The lowest BCUT2D eigenvalue weighted by Crippen LogP contribution is -2.36. The highest BCUT2D eigenvalue weighted by atomic mass is 32.2. The Bertz CT molecular complexity index is 1330. The predicted molar refractivity (Wildman–Crippen MR) is 124 cm³/mol. The first-order valence-corrected chi connectivity index (χ1v) is 12.3. The first kappa shape index (κ1) is 20.8. The van der Waals surface area contributed by atoms with Crippen molar-refractivity contribution in [1.29, 1.82) is 0 Å². The minimum Gasteiger partial charge on any atom is -0.310 e. The molecular formula is C24H26N4O3S. The van der Waals surface area contributed by atoms with Crippen LogP contribution in [0, 0.1) is 13.8 Å². The number of para-hydroxylation sites is 2. The Balaban J connectivity index is 1.49. The number of benzene rings is 2. The van der Waals surface area contributed by atoms with Crippen LogP contribution in [0.15, 0.2) is 53.4 Å². The first-order chi connectivity index (χ1) is 15.3. The van der Waals surface area contributed by atoms with Crippen LogP contribution in [0.25, 0.3) is 0 Å². The number of carbonyl (C=O) groups excluding carboxylic acids is 1. The molecule has 5 rings (SSSR count). The lowest BCUT2D eigenvalue weighted by molar-refractivity contribution is -0.121. The van der Waals surface area contributed by atoms with Gasteiger partial charge in [-0.3, -0.25) is 13.8 Å². The maximum absolute atomic E-state index is 13.6. The third kappa shape index (κ3) is 3.04. The van der Waals surface area contributed by atoms with Crippen molar-refractivity contribution in [2.75, 3.05) is 22.3 Å². The van der Waals surface area contributed by atoms with Crippen molar-refractivity contribution in [3.05, 3.63) is 71.0 Å². The van der Waals surface area contributed by atoms with Crippen LogP contribution in [0.1, 0.15) is 35.5 Å². The van der Waals surface area contributed by atoms with E-state index in [-0.39, 0.29) is 10.8 Å². The third-order valence-electron chi connectivity index (χ3n) is 6.53. The summed E-state index contributed by atoms with van der Waals surface area (Å²) >= 11 is 0. The van der Waals surface area contributed by atoms with Gasteiger partial charge in [0.1, 0.15) is 10.9 Å². The number of aryl methyl sites for hydroxylation is 1. The molecule has 0 unspecified atom stereocenters. The Kier molecular flexibility index (Phi) is 4.85. The Hall–Kier alpha value is -3.13. The predicted octanol–water partition coefficient (Wildman–Crippen LogP) is 3.40. The van der Waals surface area contributed by atoms with Gasteiger partial charge in [0.15, 0.2) is 0 Å². The van der Waals surface area contributed by atoms with Gasteiger partial charge in [0, 0.05) is 18.8 Å². The average Bonchev–Trinajstić information content (AvgIpc) is 3.48. The number of hydrogen-bond donors (Lipinski definition) is 0. The molecule has 3 aromatic rings. The molecule has 7 nitrogen and oxygen atoms in total. The summed E-state index contributed by atoms with van der Waals surface area (Å²) in [7, 11) is -3.79. The fraction of sp³-hybridized carbons (Fsp3) is 0.333. The number of nitrogens with zero attached hydrogens (tertiary/aromatic N) is 4. The Labute approximate surface area is 188 Å². The molecule has 0 saturated carbocycles. The SMILES string of the molecule is Cc1nn([C@@H](C)C(=O)N2CCc3ccccc32)c(C)c1S(=O)(=O)N1CCc2ccccc21. The fourth-order valence-corrected chi connectivity index (χ4v) is 6.83. The second kappa shape index (κ2) is 7.48. The van der Waals surface area contributed by atoms with Crippen molar-refractivity contribution >= 4 is 27.3 Å². The molecule has 1 amide bonds. The Morgan fingerprint density at radius 1 is 0.938 bits per heavy atom. The topological polar surface area (TPSA) is 75.5 Å². The maximum Gasteiger partial charge on any atom is 0.268 e. The average molecular weight is 451 g/mol. The van der Waals surface area contributed by atoms with Gasteiger partial charge in [0.25, 0.3) is 15.9 Å². The van der Waals surface area contributed by atoms with Crippen LogP contribution < -0.4 is 9.21 Å². The molecule has 0 aliphatic carbocycles. The normalized spacial score (nSPS) is 16.2. The van der Waals surface area contributed by atoms with E-state index >= 15 is 0 Å². The van der Waals surface area contributed by atoms with E-state index in [9.17, 15) is 13.2 Å². The van der Waals surface area contributed by atoms with E-state index in [2.05, 4.69) is 5.10 Å². The van der Waals surface area contributed by atoms with Gasteiger partial charge in [0.05, 0.1) is 17.1 Å². The molecule has 8 heteroatoms. The van der Waals surface area contributed by atoms with Crippen molar-refractivity contribution in [3.8, 4) is 0 Å². The summed E-state index contributed by atoms with van der Waals surface area (Å²) in [6.45, 7) is 6.24. The summed E-state index contributed by atoms with van der Waals surface area (Å²) in [5.74, 6) is -0.0870. The van der Waals surface area contributed by atoms with Crippen molar-refractivity contribution < 1.29 is 13.2 Å². The summed E-state index contributed by atoms with van der Waals surface area (Å²) in [5, 5.41) is 4.52. The van der Waals surface area contributed by atoms with Gasteiger partial charge in [-0.1, -0.05) is 36.4 Å². The van der Waals surface area contributed by atoms with E-state index in [4.69, 9.17) is 0 Å². The highest BCUT2D eigenvalue weighted by Crippen LogP contribution is 2.36. The van der Waals surface area contributed by atoms with Crippen LogP contribution in [0.5, 0.6) is 0 Å². The van der Waals surface area contributed by atoms with Crippen molar-refractivity contribution in [2.45, 2.75) is 44.6 Å². The molecule has 2 aliphatic rings. The van der Waals surface area contributed by atoms with Crippen LogP contribution in [0.3, 0.4) is 0 Å². The molecule has 3 heterocycles. The standard InChI is InChI=1S/C24H26N4O3S/c1-16-23(32(30,31)27-15-13-20-9-5-7-11-22(20)27)17(2)28(25-16)18(3)24(29)26-14-12-19-8-4-6-10-21(19)26/h4-11,18H,12-15H2,1-3H3/t18-/m0/s1. The summed E-state index contributed by atoms with van der Waals surface area (Å²) in [5.41, 5.74) is 4.71. The molecule has 2 aromatic carbocycles. The van der Waals surface area contributed by atoms with E-state index in [1.54, 1.807) is 30.4 Å². The van der Waals surface area contributed by atoms with Crippen molar-refractivity contribution in [3.63, 3.8) is 0 Å². The number of anilines is 2. The third-order valence-corrected chi connectivity index (χ3v) is 8.59. The molecule has 32 heavy (non-hydrogen) atoms. The fourth-order valence-electron chi connectivity index (χ4n) is 4.96. The van der Waals surface area contributed by atoms with Crippen LogP contribution in [-0.2, 0) is 27.7 Å². The number of rotatable bonds is 4. The van der Waals surface area contributed by atoms with Gasteiger partial charge in [-0.25, -0.2) is 8.42 Å². The molecule has 0 radical (unpaired) electrons. The largest absolute Gasteiger partial charge is 0.310 e. The zero-order valence-corrected chi connectivity index (χ0v) is 19.3. The van der Waals surface area contributed by atoms with E-state index < -0.39 is 16.1 Å². The molecule has 1 aromatic heterocycles. The number of fused-ring (bicyclic) bond motifs is 2. The van der Waals surface area contributed by atoms with E-state index in [0.717, 1.165) is 28.9 Å². The number of carbonyl (C=O) groups is 1. The second-order valence-electron chi connectivity index (χ2n) is 8.44. The molecular weight excluding hydrogens is 424 g/mol. The van der Waals surface area contributed by atoms with Gasteiger partial charge < -0.3 is 4.90 Å². The van der Waals surface area contributed by atoms with Crippen LogP contribution in [-0.4, -0.2) is 37.2 Å². The van der Waals surface area contributed by atoms with Gasteiger partial charge >= 0.3 is 0 Å². The summed E-state index contributed by atoms with van der Waals surface area (Å²) in [6.07, 6.45) is 1.50. The van der Waals surface area contributed by atoms with E-state index in [1.165, 1.54) is 4.31 Å². The molecule has 0 spiro atoms. The molecule has 0 fully saturated rings. The van der Waals surface area contributed by atoms with E-state index in [1.807, 2.05) is 48.5 Å². The number of aromatic nitrogens is 2. The molecule has 0 saturated heterocycles. The lowest BCUT2D eigenvalue weighted by atomic mass is 10.2. The van der Waals surface area contributed by atoms with Crippen LogP contribution >= 0.6 is 0 Å². The molecule has 0 N–H and O–H groups in total. The number of hydrogen-bond acceptors (Lipinski definition) is 4. The number of sulfonamides is 1. The smallest absolute Gasteiger partial charge is 0.268 e.